The van der Waals surface area contributed by atoms with Crippen LogP contribution in [0, 0.1) is 0 Å². The van der Waals surface area contributed by atoms with Gasteiger partial charge in [-0.1, -0.05) is 12.1 Å². The Kier molecular flexibility index (Phi) is 5.46. The fraction of sp³-hybridized carbons (Fsp3) is 0.333. The van der Waals surface area contributed by atoms with E-state index in [1.165, 1.54) is 5.32 Å². The van der Waals surface area contributed by atoms with E-state index in [-0.39, 0.29) is 5.56 Å². The summed E-state index contributed by atoms with van der Waals surface area (Å²) in [6.45, 7) is 0. The quantitative estimate of drug-likeness (QED) is 0.803. The first-order chi connectivity index (χ1) is 10.4. The van der Waals surface area contributed by atoms with Crippen molar-refractivity contribution in [2.45, 2.75) is 25.0 Å². The molecule has 1 aromatic carbocycles. The van der Waals surface area contributed by atoms with Gasteiger partial charge in [0.15, 0.2) is 0 Å². The molecule has 0 aliphatic rings. The Bertz CT molecular complexity index is 566. The van der Waals surface area contributed by atoms with E-state index >= 15 is 0 Å². The molecule has 0 saturated heterocycles. The lowest BCUT2D eigenvalue weighted by molar-refractivity contribution is -0.274. The highest BCUT2D eigenvalue weighted by atomic mass is 19.4. The highest BCUT2D eigenvalue weighted by Gasteiger charge is 2.40. The standard InChI is InChI=1S/C12H9F6NO4/c13-11(14,15)10(22)19-8(9(20)21)5-6-1-3-7(4-2-6)23-12(16,17)18/h1-4,8H,5H2,(H,19,22)(H,20,21). The largest absolute Gasteiger partial charge is 0.573 e. The molecule has 1 aromatic rings. The number of hydrogen-bond acceptors (Lipinski definition) is 3. The number of amides is 1. The number of hydrogen-bond donors (Lipinski definition) is 2. The number of carboxylic acids is 1. The number of carbonyl (C=O) groups excluding carboxylic acids is 1. The molecule has 128 valence electrons. The number of benzene rings is 1. The maximum Gasteiger partial charge on any atom is 0.573 e. The van der Waals surface area contributed by atoms with Gasteiger partial charge in [-0.25, -0.2) is 4.79 Å². The highest BCUT2D eigenvalue weighted by Crippen LogP contribution is 2.23. The third kappa shape index (κ3) is 6.45. The van der Waals surface area contributed by atoms with Gasteiger partial charge in [-0.2, -0.15) is 13.2 Å². The summed E-state index contributed by atoms with van der Waals surface area (Å²) in [6.07, 6.45) is -10.7. The summed E-state index contributed by atoms with van der Waals surface area (Å²) in [5.41, 5.74) is 0.0920. The third-order valence-electron chi connectivity index (χ3n) is 2.46. The zero-order valence-corrected chi connectivity index (χ0v) is 11.0. The third-order valence-corrected chi connectivity index (χ3v) is 2.46. The van der Waals surface area contributed by atoms with Crippen molar-refractivity contribution in [1.82, 2.24) is 5.32 Å². The smallest absolute Gasteiger partial charge is 0.480 e. The summed E-state index contributed by atoms with van der Waals surface area (Å²) in [5.74, 6) is -4.73. The second-order valence-electron chi connectivity index (χ2n) is 4.26. The van der Waals surface area contributed by atoms with E-state index in [4.69, 9.17) is 5.11 Å². The summed E-state index contributed by atoms with van der Waals surface area (Å²) < 4.78 is 75.7. The van der Waals surface area contributed by atoms with Crippen LogP contribution < -0.4 is 10.1 Å². The summed E-state index contributed by atoms with van der Waals surface area (Å²) in [6, 6.07) is 1.92. The Morgan fingerprint density at radius 2 is 1.61 bits per heavy atom. The number of nitrogens with one attached hydrogen (secondary N) is 1. The van der Waals surface area contributed by atoms with Crippen LogP contribution in [-0.4, -0.2) is 35.6 Å². The van der Waals surface area contributed by atoms with Crippen molar-refractivity contribution in [3.05, 3.63) is 29.8 Å². The first-order valence-electron chi connectivity index (χ1n) is 5.83. The van der Waals surface area contributed by atoms with E-state index in [1.54, 1.807) is 0 Å². The summed E-state index contributed by atoms with van der Waals surface area (Å²) in [4.78, 5) is 21.6. The minimum absolute atomic E-state index is 0.0920. The molecule has 1 rings (SSSR count). The Labute approximate surface area is 124 Å². The van der Waals surface area contributed by atoms with Gasteiger partial charge < -0.3 is 15.2 Å². The van der Waals surface area contributed by atoms with Crippen LogP contribution in [0.1, 0.15) is 5.56 Å². The number of ether oxygens (including phenoxy) is 1. The maximum atomic E-state index is 12.1. The highest BCUT2D eigenvalue weighted by molar-refractivity contribution is 5.87. The van der Waals surface area contributed by atoms with Crippen molar-refractivity contribution in [2.24, 2.45) is 0 Å². The van der Waals surface area contributed by atoms with Gasteiger partial charge in [-0.05, 0) is 17.7 Å². The number of rotatable bonds is 5. The van der Waals surface area contributed by atoms with Gasteiger partial charge in [0.2, 0.25) is 0 Å². The maximum absolute atomic E-state index is 12.1. The van der Waals surface area contributed by atoms with Gasteiger partial charge >= 0.3 is 24.4 Å². The molecule has 0 spiro atoms. The van der Waals surface area contributed by atoms with Crippen molar-refractivity contribution < 1.29 is 45.8 Å². The van der Waals surface area contributed by atoms with E-state index < -0.39 is 42.6 Å². The number of aliphatic carboxylic acids is 1. The lowest BCUT2D eigenvalue weighted by Gasteiger charge is -2.16. The molecule has 1 amide bonds. The Balaban J connectivity index is 2.78. The minimum atomic E-state index is -5.25. The molecule has 1 unspecified atom stereocenters. The average Bonchev–Trinajstić information content (AvgIpc) is 2.37. The first-order valence-corrected chi connectivity index (χ1v) is 5.83. The fourth-order valence-electron chi connectivity index (χ4n) is 1.50. The predicted octanol–water partition coefficient (Wildman–Crippen LogP) is 2.26. The van der Waals surface area contributed by atoms with Crippen LogP contribution in [0.2, 0.25) is 0 Å². The topological polar surface area (TPSA) is 75.6 Å². The molecule has 0 aliphatic heterocycles. The molecule has 0 saturated carbocycles. The predicted molar refractivity (Wildman–Crippen MR) is 62.5 cm³/mol. The van der Waals surface area contributed by atoms with Gasteiger partial charge in [0, 0.05) is 6.42 Å². The molecule has 0 aromatic heterocycles. The molecule has 0 heterocycles. The zero-order chi connectivity index (χ0) is 17.8. The van der Waals surface area contributed by atoms with Gasteiger partial charge in [-0.15, -0.1) is 13.2 Å². The van der Waals surface area contributed by atoms with Gasteiger partial charge in [0.05, 0.1) is 0 Å². The van der Waals surface area contributed by atoms with Crippen LogP contribution in [0.5, 0.6) is 5.75 Å². The molecule has 0 fully saturated rings. The molecule has 0 radical (unpaired) electrons. The number of alkyl halides is 6. The molecular formula is C12H9F6NO4. The van der Waals surface area contributed by atoms with Crippen LogP contribution in [-0.2, 0) is 16.0 Å². The summed E-state index contributed by atoms with van der Waals surface area (Å²) >= 11 is 0. The number of carbonyl (C=O) groups is 2. The van der Waals surface area contributed by atoms with Crippen LogP contribution in [0.25, 0.3) is 0 Å². The molecule has 23 heavy (non-hydrogen) atoms. The van der Waals surface area contributed by atoms with Crippen molar-refractivity contribution >= 4 is 11.9 Å². The lowest BCUT2D eigenvalue weighted by atomic mass is 10.1. The molecule has 5 nitrogen and oxygen atoms in total. The number of carboxylic acid groups (broad SMARTS) is 1. The molecule has 2 N–H and O–H groups in total. The summed E-state index contributed by atoms with van der Waals surface area (Å²) in [5, 5.41) is 10.1. The van der Waals surface area contributed by atoms with Crippen LogP contribution in [0.3, 0.4) is 0 Å². The number of halogens is 6. The van der Waals surface area contributed by atoms with Crippen LogP contribution in [0.15, 0.2) is 24.3 Å². The normalized spacial score (nSPS) is 13.3. The van der Waals surface area contributed by atoms with Crippen molar-refractivity contribution in [3.8, 4) is 5.75 Å². The molecule has 0 aliphatic carbocycles. The lowest BCUT2D eigenvalue weighted by Crippen LogP contribution is -2.47. The first kappa shape index (κ1) is 18.6. The average molecular weight is 345 g/mol. The Morgan fingerprint density at radius 1 is 1.09 bits per heavy atom. The zero-order valence-electron chi connectivity index (χ0n) is 11.0. The van der Waals surface area contributed by atoms with Crippen molar-refractivity contribution in [1.29, 1.82) is 0 Å². The minimum Gasteiger partial charge on any atom is -0.480 e. The van der Waals surface area contributed by atoms with Crippen LogP contribution in [0.4, 0.5) is 26.3 Å². The van der Waals surface area contributed by atoms with Crippen molar-refractivity contribution in [2.75, 3.05) is 0 Å². The second-order valence-corrected chi connectivity index (χ2v) is 4.26. The summed E-state index contributed by atoms with van der Waals surface area (Å²) in [7, 11) is 0. The monoisotopic (exact) mass is 345 g/mol. The Morgan fingerprint density at radius 3 is 2.00 bits per heavy atom. The van der Waals surface area contributed by atoms with Gasteiger partial charge in [0.25, 0.3) is 0 Å². The SMILES string of the molecule is O=C(O)C(Cc1ccc(OC(F)(F)F)cc1)NC(=O)C(F)(F)F. The molecular weight excluding hydrogens is 336 g/mol. The van der Waals surface area contributed by atoms with Gasteiger partial charge in [0.1, 0.15) is 11.8 Å². The van der Waals surface area contributed by atoms with E-state index in [9.17, 15) is 35.9 Å². The van der Waals surface area contributed by atoms with Crippen LogP contribution >= 0.6 is 0 Å². The molecule has 1 atom stereocenters. The van der Waals surface area contributed by atoms with E-state index in [1.807, 2.05) is 0 Å². The van der Waals surface area contributed by atoms with E-state index in [0.29, 0.717) is 0 Å². The van der Waals surface area contributed by atoms with Gasteiger partial charge in [-0.3, -0.25) is 4.79 Å². The van der Waals surface area contributed by atoms with Crippen molar-refractivity contribution in [3.63, 3.8) is 0 Å². The molecule has 11 heteroatoms. The fourth-order valence-corrected chi connectivity index (χ4v) is 1.50. The van der Waals surface area contributed by atoms with E-state index in [2.05, 4.69) is 4.74 Å². The second kappa shape index (κ2) is 6.75. The Hall–Kier alpha value is -2.46. The van der Waals surface area contributed by atoms with E-state index in [0.717, 1.165) is 24.3 Å². The molecule has 0 bridgehead atoms.